The van der Waals surface area contributed by atoms with Crippen LogP contribution in [0.1, 0.15) is 17.3 Å². The largest absolute Gasteiger partial charge is 0.381 e. The molecule has 0 bridgehead atoms. The molecule has 0 saturated carbocycles. The third-order valence-electron chi connectivity index (χ3n) is 2.65. The standard InChI is InChI=1S/C13H15BrN4O/c1-9(7-18-8-11(14)6-16-18)17-12-4-2-10(3-5-12)13(15)19/h2-6,8-9,17H,7H2,1H3,(H2,15,19). The fourth-order valence-corrected chi connectivity index (χ4v) is 2.11. The van der Waals surface area contributed by atoms with E-state index in [0.29, 0.717) is 5.56 Å². The molecule has 2 rings (SSSR count). The molecule has 19 heavy (non-hydrogen) atoms. The monoisotopic (exact) mass is 322 g/mol. The van der Waals surface area contributed by atoms with E-state index in [9.17, 15) is 4.79 Å². The van der Waals surface area contributed by atoms with Crippen molar-refractivity contribution in [2.75, 3.05) is 5.32 Å². The van der Waals surface area contributed by atoms with Crippen molar-refractivity contribution in [1.29, 1.82) is 0 Å². The van der Waals surface area contributed by atoms with Crippen molar-refractivity contribution in [3.05, 3.63) is 46.7 Å². The summed E-state index contributed by atoms with van der Waals surface area (Å²) in [4.78, 5) is 11.0. The van der Waals surface area contributed by atoms with Crippen molar-refractivity contribution < 1.29 is 4.79 Å². The SMILES string of the molecule is CC(Cn1cc(Br)cn1)Nc1ccc(C(N)=O)cc1. The zero-order valence-electron chi connectivity index (χ0n) is 10.5. The molecule has 1 aromatic heterocycles. The Balaban J connectivity index is 1.94. The Morgan fingerprint density at radius 2 is 2.16 bits per heavy atom. The molecule has 1 aromatic carbocycles. The Kier molecular flexibility index (Phi) is 4.21. The van der Waals surface area contributed by atoms with Gasteiger partial charge in [0, 0.05) is 23.5 Å². The van der Waals surface area contributed by atoms with Gasteiger partial charge in [0.25, 0.3) is 0 Å². The highest BCUT2D eigenvalue weighted by molar-refractivity contribution is 9.10. The van der Waals surface area contributed by atoms with E-state index in [1.165, 1.54) is 0 Å². The number of halogens is 1. The van der Waals surface area contributed by atoms with Crippen LogP contribution in [0.25, 0.3) is 0 Å². The molecule has 5 nitrogen and oxygen atoms in total. The van der Waals surface area contributed by atoms with Crippen molar-refractivity contribution in [2.24, 2.45) is 5.73 Å². The van der Waals surface area contributed by atoms with Crippen molar-refractivity contribution in [3.8, 4) is 0 Å². The van der Waals surface area contributed by atoms with Gasteiger partial charge in [0.1, 0.15) is 0 Å². The maximum Gasteiger partial charge on any atom is 0.248 e. The lowest BCUT2D eigenvalue weighted by Gasteiger charge is -2.15. The molecule has 0 saturated heterocycles. The first-order chi connectivity index (χ1) is 9.04. The number of carbonyl (C=O) groups excluding carboxylic acids is 1. The summed E-state index contributed by atoms with van der Waals surface area (Å²) in [6.07, 6.45) is 3.68. The Hall–Kier alpha value is -1.82. The highest BCUT2D eigenvalue weighted by Crippen LogP contribution is 2.12. The zero-order valence-corrected chi connectivity index (χ0v) is 12.1. The molecule has 1 atom stereocenters. The number of primary amides is 1. The summed E-state index contributed by atoms with van der Waals surface area (Å²) in [6, 6.07) is 7.32. The number of rotatable bonds is 5. The second kappa shape index (κ2) is 5.88. The molecule has 100 valence electrons. The molecule has 0 spiro atoms. The first-order valence-corrected chi connectivity index (χ1v) is 6.68. The normalized spacial score (nSPS) is 12.1. The van der Waals surface area contributed by atoms with E-state index in [0.717, 1.165) is 16.7 Å². The molecular weight excluding hydrogens is 308 g/mol. The number of anilines is 1. The van der Waals surface area contributed by atoms with E-state index in [2.05, 4.69) is 33.3 Å². The Labute approximate surface area is 119 Å². The molecule has 1 heterocycles. The number of amides is 1. The molecule has 3 N–H and O–H groups in total. The average Bonchev–Trinajstić information content (AvgIpc) is 2.75. The molecule has 0 aliphatic carbocycles. The molecule has 0 aliphatic heterocycles. The predicted octanol–water partition coefficient (Wildman–Crippen LogP) is 2.25. The smallest absolute Gasteiger partial charge is 0.248 e. The van der Waals surface area contributed by atoms with Gasteiger partial charge in [0.2, 0.25) is 5.91 Å². The maximum atomic E-state index is 11.0. The van der Waals surface area contributed by atoms with Crippen LogP contribution < -0.4 is 11.1 Å². The van der Waals surface area contributed by atoms with E-state index in [-0.39, 0.29) is 6.04 Å². The number of nitrogens with one attached hydrogen (secondary N) is 1. The lowest BCUT2D eigenvalue weighted by Crippen LogP contribution is -2.22. The Morgan fingerprint density at radius 1 is 1.47 bits per heavy atom. The maximum absolute atomic E-state index is 11.0. The van der Waals surface area contributed by atoms with Crippen LogP contribution in [0.4, 0.5) is 5.69 Å². The highest BCUT2D eigenvalue weighted by Gasteiger charge is 2.05. The van der Waals surface area contributed by atoms with Crippen LogP contribution >= 0.6 is 15.9 Å². The third kappa shape index (κ3) is 3.82. The van der Waals surface area contributed by atoms with Gasteiger partial charge in [0.05, 0.1) is 17.2 Å². The van der Waals surface area contributed by atoms with Crippen molar-refractivity contribution in [2.45, 2.75) is 19.5 Å². The third-order valence-corrected chi connectivity index (χ3v) is 3.05. The summed E-state index contributed by atoms with van der Waals surface area (Å²) < 4.78 is 2.82. The number of nitrogens with zero attached hydrogens (tertiary/aromatic N) is 2. The summed E-state index contributed by atoms with van der Waals surface area (Å²) in [6.45, 7) is 2.82. The van der Waals surface area contributed by atoms with Crippen LogP contribution in [0.15, 0.2) is 41.1 Å². The number of hydrogen-bond donors (Lipinski definition) is 2. The van der Waals surface area contributed by atoms with Crippen LogP contribution in [0.2, 0.25) is 0 Å². The fourth-order valence-electron chi connectivity index (χ4n) is 1.78. The first kappa shape index (κ1) is 13.6. The molecule has 0 aliphatic rings. The molecule has 1 unspecified atom stereocenters. The highest BCUT2D eigenvalue weighted by atomic mass is 79.9. The first-order valence-electron chi connectivity index (χ1n) is 5.89. The number of benzene rings is 1. The molecule has 0 radical (unpaired) electrons. The molecule has 6 heteroatoms. The van der Waals surface area contributed by atoms with Gasteiger partial charge in [-0.2, -0.15) is 5.10 Å². The minimum atomic E-state index is -0.416. The van der Waals surface area contributed by atoms with E-state index in [1.807, 2.05) is 23.0 Å². The minimum Gasteiger partial charge on any atom is -0.381 e. The van der Waals surface area contributed by atoms with Gasteiger partial charge in [-0.15, -0.1) is 0 Å². The Bertz CT molecular complexity index is 564. The zero-order chi connectivity index (χ0) is 13.8. The quantitative estimate of drug-likeness (QED) is 0.886. The average molecular weight is 323 g/mol. The van der Waals surface area contributed by atoms with Crippen molar-refractivity contribution >= 4 is 27.5 Å². The van der Waals surface area contributed by atoms with Crippen LogP contribution in [0.3, 0.4) is 0 Å². The van der Waals surface area contributed by atoms with Gasteiger partial charge in [0.15, 0.2) is 0 Å². The van der Waals surface area contributed by atoms with Crippen LogP contribution in [0.5, 0.6) is 0 Å². The summed E-state index contributed by atoms with van der Waals surface area (Å²) in [5.74, 6) is -0.416. The second-order valence-electron chi connectivity index (χ2n) is 4.37. The van der Waals surface area contributed by atoms with Crippen LogP contribution in [-0.4, -0.2) is 21.7 Å². The number of carbonyl (C=O) groups is 1. The Morgan fingerprint density at radius 3 is 2.68 bits per heavy atom. The van der Waals surface area contributed by atoms with Crippen molar-refractivity contribution in [1.82, 2.24) is 9.78 Å². The van der Waals surface area contributed by atoms with E-state index in [4.69, 9.17) is 5.73 Å². The summed E-state index contributed by atoms with van der Waals surface area (Å²) in [7, 11) is 0. The minimum absolute atomic E-state index is 0.214. The van der Waals surface area contributed by atoms with E-state index < -0.39 is 5.91 Å². The lowest BCUT2D eigenvalue weighted by atomic mass is 10.2. The van der Waals surface area contributed by atoms with Gasteiger partial charge in [-0.05, 0) is 47.1 Å². The number of hydrogen-bond acceptors (Lipinski definition) is 3. The van der Waals surface area contributed by atoms with Crippen molar-refractivity contribution in [3.63, 3.8) is 0 Å². The van der Waals surface area contributed by atoms with Gasteiger partial charge >= 0.3 is 0 Å². The van der Waals surface area contributed by atoms with E-state index in [1.54, 1.807) is 18.3 Å². The molecular formula is C13H15BrN4O. The summed E-state index contributed by atoms with van der Waals surface area (Å²) in [5.41, 5.74) is 6.65. The molecule has 1 amide bonds. The summed E-state index contributed by atoms with van der Waals surface area (Å²) in [5, 5.41) is 7.54. The summed E-state index contributed by atoms with van der Waals surface area (Å²) >= 11 is 3.36. The van der Waals surface area contributed by atoms with Crippen LogP contribution in [0, 0.1) is 0 Å². The van der Waals surface area contributed by atoms with Gasteiger partial charge < -0.3 is 11.1 Å². The van der Waals surface area contributed by atoms with Gasteiger partial charge in [-0.1, -0.05) is 0 Å². The molecule has 2 aromatic rings. The van der Waals surface area contributed by atoms with Gasteiger partial charge in [-0.3, -0.25) is 9.48 Å². The number of nitrogens with two attached hydrogens (primary N) is 1. The van der Waals surface area contributed by atoms with Crippen LogP contribution in [-0.2, 0) is 6.54 Å². The predicted molar refractivity (Wildman–Crippen MR) is 78.0 cm³/mol. The molecule has 0 fully saturated rings. The number of aromatic nitrogens is 2. The fraction of sp³-hybridized carbons (Fsp3) is 0.231. The lowest BCUT2D eigenvalue weighted by molar-refractivity contribution is 0.100. The van der Waals surface area contributed by atoms with E-state index >= 15 is 0 Å². The second-order valence-corrected chi connectivity index (χ2v) is 5.28. The van der Waals surface area contributed by atoms with Gasteiger partial charge in [-0.25, -0.2) is 0 Å². The topological polar surface area (TPSA) is 72.9 Å².